The zero-order chi connectivity index (χ0) is 22.4. The lowest BCUT2D eigenvalue weighted by molar-refractivity contribution is 0.587. The molecule has 0 radical (unpaired) electrons. The van der Waals surface area contributed by atoms with Crippen molar-refractivity contribution >= 4 is 33.0 Å². The molecule has 31 heavy (non-hydrogen) atoms. The number of sulfone groups is 1. The highest BCUT2D eigenvalue weighted by Crippen LogP contribution is 2.12. The van der Waals surface area contributed by atoms with Crippen molar-refractivity contribution in [1.29, 1.82) is 0 Å². The summed E-state index contributed by atoms with van der Waals surface area (Å²) in [6, 6.07) is 15.7. The quantitative estimate of drug-likeness (QED) is 0.206. The topological polar surface area (TPSA) is 34.1 Å². The molecule has 2 aromatic rings. The fourth-order valence-electron chi connectivity index (χ4n) is 3.19. The lowest BCUT2D eigenvalue weighted by Gasteiger charge is -2.03. The summed E-state index contributed by atoms with van der Waals surface area (Å²) in [4.78, 5) is 0. The minimum Gasteiger partial charge on any atom is -0.229 e. The molecule has 0 unspecified atom stereocenters. The first-order valence-corrected chi connectivity index (χ1v) is 13.5. The van der Waals surface area contributed by atoms with Crippen LogP contribution >= 0.6 is 23.2 Å². The highest BCUT2D eigenvalue weighted by molar-refractivity contribution is 7.91. The number of hydrogen-bond donors (Lipinski definition) is 0. The molecule has 0 aliphatic rings. The van der Waals surface area contributed by atoms with Crippen LogP contribution in [0.2, 0.25) is 10.0 Å². The van der Waals surface area contributed by atoms with E-state index in [9.17, 15) is 8.42 Å². The molecule has 0 atom stereocenters. The molecule has 0 saturated carbocycles. The van der Waals surface area contributed by atoms with Crippen LogP contribution in [-0.2, 0) is 22.7 Å². The molecule has 0 bridgehead atoms. The summed E-state index contributed by atoms with van der Waals surface area (Å²) in [6.07, 6.45) is 15.4. The maximum Gasteiger partial charge on any atom is 0.150 e. The van der Waals surface area contributed by atoms with E-state index in [1.165, 1.54) is 11.1 Å². The monoisotopic (exact) mass is 478 g/mol. The first kappa shape index (κ1) is 25.7. The lowest BCUT2D eigenvalue weighted by atomic mass is 10.1. The zero-order valence-corrected chi connectivity index (χ0v) is 20.3. The van der Waals surface area contributed by atoms with E-state index >= 15 is 0 Å². The van der Waals surface area contributed by atoms with Gasteiger partial charge in [-0.15, -0.1) is 0 Å². The second kappa shape index (κ2) is 14.5. The van der Waals surface area contributed by atoms with Crippen molar-refractivity contribution in [2.24, 2.45) is 0 Å². The van der Waals surface area contributed by atoms with E-state index in [-0.39, 0.29) is 0 Å². The van der Waals surface area contributed by atoms with Gasteiger partial charge in [0.25, 0.3) is 0 Å². The molecule has 0 fully saturated rings. The molecule has 0 N–H and O–H groups in total. The molecule has 0 saturated heterocycles. The standard InChI is InChI=1S/C26H32Cl2O2S/c27-25-17-13-23(14-18-25)11-7-3-1-5-9-21-31(29,30)22-10-6-2-4-8-12-24-15-19-26(28)20-16-24/h3-4,7-8,13-20H,1-2,5-6,9-12,21-22H2. The van der Waals surface area contributed by atoms with E-state index < -0.39 is 9.84 Å². The smallest absolute Gasteiger partial charge is 0.150 e. The fraction of sp³-hybridized carbons (Fsp3) is 0.385. The first-order valence-electron chi connectivity index (χ1n) is 10.9. The van der Waals surface area contributed by atoms with Crippen LogP contribution in [0.1, 0.15) is 49.7 Å². The highest BCUT2D eigenvalue weighted by Gasteiger charge is 2.09. The van der Waals surface area contributed by atoms with Crippen molar-refractivity contribution in [3.05, 3.63) is 94.0 Å². The van der Waals surface area contributed by atoms with Gasteiger partial charge < -0.3 is 0 Å². The van der Waals surface area contributed by atoms with Crippen molar-refractivity contribution in [2.75, 3.05) is 11.5 Å². The van der Waals surface area contributed by atoms with Gasteiger partial charge >= 0.3 is 0 Å². The van der Waals surface area contributed by atoms with Crippen LogP contribution in [-0.4, -0.2) is 19.9 Å². The van der Waals surface area contributed by atoms with Gasteiger partial charge in [-0.2, -0.15) is 0 Å². The average molecular weight is 480 g/mol. The summed E-state index contributed by atoms with van der Waals surface area (Å²) >= 11 is 11.8. The molecule has 2 aromatic carbocycles. The van der Waals surface area contributed by atoms with Crippen LogP contribution in [0.25, 0.3) is 0 Å². The number of benzene rings is 2. The molecular weight excluding hydrogens is 447 g/mol. The van der Waals surface area contributed by atoms with Gasteiger partial charge in [-0.05, 0) is 86.8 Å². The van der Waals surface area contributed by atoms with Gasteiger partial charge in [0.05, 0.1) is 11.5 Å². The molecule has 0 aliphatic carbocycles. The second-order valence-corrected chi connectivity index (χ2v) is 10.9. The minimum atomic E-state index is -2.93. The Morgan fingerprint density at radius 3 is 1.35 bits per heavy atom. The molecule has 5 heteroatoms. The number of allylic oxidation sites excluding steroid dienone is 4. The van der Waals surface area contributed by atoms with Crippen molar-refractivity contribution in [1.82, 2.24) is 0 Å². The van der Waals surface area contributed by atoms with E-state index in [4.69, 9.17) is 23.2 Å². The second-order valence-electron chi connectivity index (χ2n) is 7.75. The Labute approximate surface area is 197 Å². The van der Waals surface area contributed by atoms with Gasteiger partial charge in [0.2, 0.25) is 0 Å². The number of hydrogen-bond acceptors (Lipinski definition) is 2. The lowest BCUT2D eigenvalue weighted by Crippen LogP contribution is -2.11. The molecule has 0 aliphatic heterocycles. The molecule has 168 valence electrons. The van der Waals surface area contributed by atoms with E-state index in [1.807, 2.05) is 48.5 Å². The Morgan fingerprint density at radius 1 is 0.581 bits per heavy atom. The van der Waals surface area contributed by atoms with E-state index in [0.29, 0.717) is 11.5 Å². The predicted octanol–water partition coefficient (Wildman–Crippen LogP) is 7.65. The van der Waals surface area contributed by atoms with Crippen LogP contribution in [0, 0.1) is 0 Å². The first-order chi connectivity index (χ1) is 14.9. The zero-order valence-electron chi connectivity index (χ0n) is 18.0. The van der Waals surface area contributed by atoms with Crippen LogP contribution < -0.4 is 0 Å². The van der Waals surface area contributed by atoms with Gasteiger partial charge in [0.15, 0.2) is 0 Å². The average Bonchev–Trinajstić information content (AvgIpc) is 2.75. The third kappa shape index (κ3) is 12.2. The Hall–Kier alpha value is -1.55. The number of halogens is 2. The SMILES string of the molecule is O=S(=O)(CCCCC=CCc1ccc(Cl)cc1)CCCCC=CCc1ccc(Cl)cc1. The van der Waals surface area contributed by atoms with Crippen LogP contribution in [0.3, 0.4) is 0 Å². The highest BCUT2D eigenvalue weighted by atomic mass is 35.5. The van der Waals surface area contributed by atoms with Crippen LogP contribution in [0.4, 0.5) is 0 Å². The Bertz CT molecular complexity index is 843. The van der Waals surface area contributed by atoms with Gasteiger partial charge in [-0.3, -0.25) is 0 Å². The third-order valence-corrected chi connectivity index (χ3v) is 7.34. The van der Waals surface area contributed by atoms with Crippen molar-refractivity contribution in [3.63, 3.8) is 0 Å². The van der Waals surface area contributed by atoms with Crippen molar-refractivity contribution < 1.29 is 8.42 Å². The summed E-state index contributed by atoms with van der Waals surface area (Å²) in [5.74, 6) is 0.592. The molecule has 2 rings (SSSR count). The van der Waals surface area contributed by atoms with Gasteiger partial charge in [-0.25, -0.2) is 8.42 Å². The summed E-state index contributed by atoms with van der Waals surface area (Å²) in [7, 11) is -2.93. The Balaban J connectivity index is 1.49. The maximum atomic E-state index is 12.2. The largest absolute Gasteiger partial charge is 0.229 e. The number of rotatable bonds is 14. The molecule has 0 aromatic heterocycles. The number of unbranched alkanes of at least 4 members (excludes halogenated alkanes) is 4. The Morgan fingerprint density at radius 2 is 0.968 bits per heavy atom. The summed E-state index contributed by atoms with van der Waals surface area (Å²) in [6.45, 7) is 0. The van der Waals surface area contributed by atoms with Crippen LogP contribution in [0.5, 0.6) is 0 Å². The third-order valence-electron chi connectivity index (χ3n) is 5.02. The van der Waals surface area contributed by atoms with Crippen LogP contribution in [0.15, 0.2) is 72.8 Å². The summed E-state index contributed by atoms with van der Waals surface area (Å²) < 4.78 is 24.4. The molecule has 0 spiro atoms. The summed E-state index contributed by atoms with van der Waals surface area (Å²) in [5, 5.41) is 1.50. The maximum absolute atomic E-state index is 12.2. The predicted molar refractivity (Wildman–Crippen MR) is 135 cm³/mol. The van der Waals surface area contributed by atoms with Gasteiger partial charge in [0.1, 0.15) is 9.84 Å². The van der Waals surface area contributed by atoms with Crippen molar-refractivity contribution in [2.45, 2.75) is 51.4 Å². The normalized spacial score (nSPS) is 12.2. The molecular formula is C26H32Cl2O2S. The molecule has 0 amide bonds. The molecule has 2 nitrogen and oxygen atoms in total. The minimum absolute atomic E-state index is 0.296. The van der Waals surface area contributed by atoms with E-state index in [1.54, 1.807) is 0 Å². The Kier molecular flexibility index (Phi) is 12.0. The van der Waals surface area contributed by atoms with Crippen molar-refractivity contribution in [3.8, 4) is 0 Å². The summed E-state index contributed by atoms with van der Waals surface area (Å²) in [5.41, 5.74) is 2.45. The van der Waals surface area contributed by atoms with E-state index in [0.717, 1.165) is 61.4 Å². The van der Waals surface area contributed by atoms with Gasteiger partial charge in [0, 0.05) is 10.0 Å². The fourth-order valence-corrected chi connectivity index (χ4v) is 4.93. The van der Waals surface area contributed by atoms with E-state index in [2.05, 4.69) is 24.3 Å². The van der Waals surface area contributed by atoms with Gasteiger partial charge in [-0.1, -0.05) is 71.8 Å². The molecule has 0 heterocycles.